The Morgan fingerprint density at radius 1 is 1.00 bits per heavy atom. The van der Waals surface area contributed by atoms with Gasteiger partial charge in [-0.05, 0) is 24.3 Å². The zero-order valence-corrected chi connectivity index (χ0v) is 15.7. The van der Waals surface area contributed by atoms with Crippen LogP contribution in [0.4, 0.5) is 11.6 Å². The van der Waals surface area contributed by atoms with Crippen molar-refractivity contribution in [1.82, 2.24) is 20.2 Å². The topological polar surface area (TPSA) is 58.0 Å². The van der Waals surface area contributed by atoms with Crippen LogP contribution in [-0.4, -0.2) is 46.3 Å². The van der Waals surface area contributed by atoms with Crippen LogP contribution in [0, 0.1) is 0 Å². The van der Waals surface area contributed by atoms with Crippen LogP contribution in [0.15, 0.2) is 42.6 Å². The zero-order chi connectivity index (χ0) is 18.3. The van der Waals surface area contributed by atoms with Crippen molar-refractivity contribution in [3.05, 3.63) is 48.3 Å². The van der Waals surface area contributed by atoms with Gasteiger partial charge < -0.3 is 9.80 Å². The Labute approximate surface area is 153 Å². The summed E-state index contributed by atoms with van der Waals surface area (Å²) in [6.45, 7) is 8.27. The van der Waals surface area contributed by atoms with Crippen LogP contribution in [0.1, 0.15) is 26.5 Å². The maximum absolute atomic E-state index is 4.73. The second-order valence-electron chi connectivity index (χ2n) is 7.91. The van der Waals surface area contributed by atoms with E-state index in [-0.39, 0.29) is 5.41 Å². The molecule has 0 N–H and O–H groups in total. The minimum atomic E-state index is 0.0258. The Balaban J connectivity index is 1.43. The molecule has 0 atom stereocenters. The number of hydrogen-bond donors (Lipinski definition) is 0. The molecule has 0 bridgehead atoms. The first-order valence-electron chi connectivity index (χ1n) is 8.95. The van der Waals surface area contributed by atoms with Gasteiger partial charge in [0.1, 0.15) is 5.82 Å². The lowest BCUT2D eigenvalue weighted by atomic mass is 9.92. The van der Waals surface area contributed by atoms with Gasteiger partial charge in [0.2, 0.25) is 0 Å². The third-order valence-corrected chi connectivity index (χ3v) is 4.95. The van der Waals surface area contributed by atoms with Gasteiger partial charge in [-0.3, -0.25) is 4.98 Å². The molecule has 0 amide bonds. The summed E-state index contributed by atoms with van der Waals surface area (Å²) in [6.07, 6.45) is 1.85. The number of fused-ring (bicyclic) bond motifs is 1. The highest BCUT2D eigenvalue weighted by Gasteiger charge is 2.32. The number of nitrogens with zero attached hydrogens (tertiary/aromatic N) is 6. The Bertz CT molecular complexity index is 909. The van der Waals surface area contributed by atoms with Gasteiger partial charge in [-0.2, -0.15) is 5.10 Å². The molecule has 134 valence electrons. The van der Waals surface area contributed by atoms with E-state index in [0.717, 1.165) is 41.5 Å². The first kappa shape index (κ1) is 16.7. The molecule has 3 heterocycles. The standard InChI is InChI=1S/C20H24N6/c1-20(2,3)17-9-10-18(24-23-17)26-12-14(13-26)25(4)19-11-21-15-7-5-6-8-16(15)22-19/h5-11,14H,12-13H2,1-4H3. The van der Waals surface area contributed by atoms with Crippen molar-refractivity contribution in [3.63, 3.8) is 0 Å². The highest BCUT2D eigenvalue weighted by molar-refractivity contribution is 5.75. The quantitative estimate of drug-likeness (QED) is 0.725. The predicted molar refractivity (Wildman–Crippen MR) is 105 cm³/mol. The molecule has 26 heavy (non-hydrogen) atoms. The van der Waals surface area contributed by atoms with Crippen LogP contribution in [0.25, 0.3) is 11.0 Å². The van der Waals surface area contributed by atoms with Gasteiger partial charge in [0.25, 0.3) is 0 Å². The molecule has 1 fully saturated rings. The second-order valence-corrected chi connectivity index (χ2v) is 7.91. The third-order valence-electron chi connectivity index (χ3n) is 4.95. The molecule has 1 aliphatic heterocycles. The summed E-state index contributed by atoms with van der Waals surface area (Å²) in [5.74, 6) is 1.84. The molecule has 0 aliphatic carbocycles. The van der Waals surface area contributed by atoms with Crippen LogP contribution in [0.2, 0.25) is 0 Å². The third kappa shape index (κ3) is 3.07. The Morgan fingerprint density at radius 2 is 1.73 bits per heavy atom. The lowest BCUT2D eigenvalue weighted by Crippen LogP contribution is -2.59. The van der Waals surface area contributed by atoms with Crippen molar-refractivity contribution in [1.29, 1.82) is 0 Å². The maximum Gasteiger partial charge on any atom is 0.151 e. The minimum Gasteiger partial charge on any atom is -0.352 e. The van der Waals surface area contributed by atoms with E-state index in [1.165, 1.54) is 0 Å². The smallest absolute Gasteiger partial charge is 0.151 e. The Hall–Kier alpha value is -2.76. The molecule has 0 saturated carbocycles. The predicted octanol–water partition coefficient (Wildman–Crippen LogP) is 3.04. The number of aromatic nitrogens is 4. The fraction of sp³-hybridized carbons (Fsp3) is 0.400. The van der Waals surface area contributed by atoms with Crippen LogP contribution in [0.5, 0.6) is 0 Å². The Morgan fingerprint density at radius 3 is 2.38 bits per heavy atom. The number of anilines is 2. The molecular formula is C20H24N6. The fourth-order valence-corrected chi connectivity index (χ4v) is 3.09. The summed E-state index contributed by atoms with van der Waals surface area (Å²) in [7, 11) is 2.08. The summed E-state index contributed by atoms with van der Waals surface area (Å²) >= 11 is 0. The van der Waals surface area contributed by atoms with E-state index in [2.05, 4.69) is 64.9 Å². The van der Waals surface area contributed by atoms with Gasteiger partial charge in [-0.15, -0.1) is 5.10 Å². The van der Waals surface area contributed by atoms with Crippen LogP contribution >= 0.6 is 0 Å². The first-order valence-corrected chi connectivity index (χ1v) is 8.95. The highest BCUT2D eigenvalue weighted by Crippen LogP contribution is 2.26. The molecule has 1 aliphatic rings. The molecule has 6 heteroatoms. The monoisotopic (exact) mass is 348 g/mol. The van der Waals surface area contributed by atoms with Gasteiger partial charge in [0, 0.05) is 25.6 Å². The van der Waals surface area contributed by atoms with Crippen LogP contribution in [-0.2, 0) is 5.41 Å². The van der Waals surface area contributed by atoms with Gasteiger partial charge in [-0.25, -0.2) is 4.98 Å². The summed E-state index contributed by atoms with van der Waals surface area (Å²) in [5, 5.41) is 8.79. The number of para-hydroxylation sites is 2. The van der Waals surface area contributed by atoms with E-state index in [1.54, 1.807) is 0 Å². The number of benzene rings is 1. The molecular weight excluding hydrogens is 324 g/mol. The lowest BCUT2D eigenvalue weighted by molar-refractivity contribution is 0.485. The van der Waals surface area contributed by atoms with Crippen LogP contribution < -0.4 is 9.80 Å². The number of hydrogen-bond acceptors (Lipinski definition) is 6. The molecule has 3 aromatic rings. The van der Waals surface area contributed by atoms with E-state index in [0.29, 0.717) is 6.04 Å². The van der Waals surface area contributed by atoms with Crippen molar-refractivity contribution >= 4 is 22.7 Å². The molecule has 6 nitrogen and oxygen atoms in total. The molecule has 0 spiro atoms. The van der Waals surface area contributed by atoms with Gasteiger partial charge in [0.15, 0.2) is 5.82 Å². The second kappa shape index (κ2) is 6.20. The minimum absolute atomic E-state index is 0.0258. The molecule has 0 radical (unpaired) electrons. The average molecular weight is 348 g/mol. The van der Waals surface area contributed by atoms with Crippen molar-refractivity contribution in [3.8, 4) is 0 Å². The largest absolute Gasteiger partial charge is 0.352 e. The summed E-state index contributed by atoms with van der Waals surface area (Å²) < 4.78 is 0. The Kier molecular flexibility index (Phi) is 3.98. The van der Waals surface area contributed by atoms with E-state index < -0.39 is 0 Å². The maximum atomic E-state index is 4.73. The number of rotatable bonds is 3. The average Bonchev–Trinajstić information content (AvgIpc) is 2.59. The van der Waals surface area contributed by atoms with Gasteiger partial charge in [0.05, 0.1) is 29.0 Å². The highest BCUT2D eigenvalue weighted by atomic mass is 15.4. The lowest BCUT2D eigenvalue weighted by Gasteiger charge is -2.44. The summed E-state index contributed by atoms with van der Waals surface area (Å²) in [6, 6.07) is 12.5. The van der Waals surface area contributed by atoms with Crippen molar-refractivity contribution in [2.75, 3.05) is 29.9 Å². The van der Waals surface area contributed by atoms with E-state index in [4.69, 9.17) is 4.98 Å². The number of likely N-dealkylation sites (N-methyl/N-ethyl adjacent to an activating group) is 1. The van der Waals surface area contributed by atoms with Gasteiger partial charge in [-0.1, -0.05) is 32.9 Å². The first-order chi connectivity index (χ1) is 12.4. The van der Waals surface area contributed by atoms with E-state index in [1.807, 2.05) is 30.5 Å². The molecule has 1 aromatic carbocycles. The summed E-state index contributed by atoms with van der Waals surface area (Å²) in [4.78, 5) is 13.7. The van der Waals surface area contributed by atoms with Crippen molar-refractivity contribution in [2.45, 2.75) is 32.2 Å². The van der Waals surface area contributed by atoms with E-state index >= 15 is 0 Å². The molecule has 2 aromatic heterocycles. The van der Waals surface area contributed by atoms with Crippen molar-refractivity contribution in [2.24, 2.45) is 0 Å². The zero-order valence-electron chi connectivity index (χ0n) is 15.7. The van der Waals surface area contributed by atoms with Crippen LogP contribution in [0.3, 0.4) is 0 Å². The van der Waals surface area contributed by atoms with Gasteiger partial charge >= 0.3 is 0 Å². The summed E-state index contributed by atoms with van der Waals surface area (Å²) in [5.41, 5.74) is 2.89. The normalized spacial score (nSPS) is 15.2. The van der Waals surface area contributed by atoms with E-state index in [9.17, 15) is 0 Å². The van der Waals surface area contributed by atoms with Crippen molar-refractivity contribution < 1.29 is 0 Å². The SMILES string of the molecule is CN(c1cnc2ccccc2n1)C1CN(c2ccc(C(C)(C)C)nn2)C1. The molecule has 4 rings (SSSR count). The molecule has 1 saturated heterocycles. The fourth-order valence-electron chi connectivity index (χ4n) is 3.09. The molecule has 0 unspecified atom stereocenters.